The van der Waals surface area contributed by atoms with Crippen LogP contribution in [-0.4, -0.2) is 52.7 Å². The van der Waals surface area contributed by atoms with Crippen LogP contribution in [0.25, 0.3) is 17.0 Å². The quantitative estimate of drug-likeness (QED) is 0.511. The summed E-state index contributed by atoms with van der Waals surface area (Å²) in [4.78, 5) is 26.2. The summed E-state index contributed by atoms with van der Waals surface area (Å²) < 4.78 is 8.36. The second-order valence-electron chi connectivity index (χ2n) is 7.17. The van der Waals surface area contributed by atoms with E-state index in [2.05, 4.69) is 26.6 Å². The van der Waals surface area contributed by atoms with Crippen LogP contribution in [0.5, 0.6) is 0 Å². The Kier molecular flexibility index (Phi) is 5.71. The Morgan fingerprint density at radius 1 is 1.48 bits per heavy atom. The van der Waals surface area contributed by atoms with Gasteiger partial charge in [-0.3, -0.25) is 14.5 Å². The summed E-state index contributed by atoms with van der Waals surface area (Å²) in [6.45, 7) is 1.48. The van der Waals surface area contributed by atoms with Crippen LogP contribution in [0, 0.1) is 0 Å². The third-order valence-electron chi connectivity index (χ3n) is 5.12. The van der Waals surface area contributed by atoms with E-state index in [4.69, 9.17) is 17.0 Å². The maximum atomic E-state index is 12.5. The number of carbonyl (C=O) groups excluding carboxylic acids is 2. The normalized spacial score (nSPS) is 20.7. The number of amides is 2. The number of aromatic nitrogens is 1. The fourth-order valence-corrected chi connectivity index (χ4v) is 4.12. The molecule has 2 N–H and O–H groups in total. The number of nitrogens with one attached hydrogen (secondary N) is 2. The molecule has 1 atom stereocenters. The van der Waals surface area contributed by atoms with Crippen LogP contribution >= 0.6 is 28.1 Å². The molecule has 7 nitrogen and oxygen atoms in total. The summed E-state index contributed by atoms with van der Waals surface area (Å²) in [5.74, 6) is -0.254. The van der Waals surface area contributed by atoms with Gasteiger partial charge in [-0.2, -0.15) is 0 Å². The molecule has 2 aliphatic heterocycles. The van der Waals surface area contributed by atoms with Crippen LogP contribution in [0.3, 0.4) is 0 Å². The minimum atomic E-state index is -0.180. The number of likely N-dealkylation sites (N-methyl/N-ethyl adjacent to an activating group) is 1. The molecule has 0 saturated carbocycles. The lowest BCUT2D eigenvalue weighted by atomic mass is 10.1. The van der Waals surface area contributed by atoms with Gasteiger partial charge in [0, 0.05) is 47.3 Å². The first kappa shape index (κ1) is 20.1. The summed E-state index contributed by atoms with van der Waals surface area (Å²) in [5, 5.41) is 7.20. The van der Waals surface area contributed by atoms with Gasteiger partial charge in [0.2, 0.25) is 5.91 Å². The van der Waals surface area contributed by atoms with Crippen LogP contribution in [0.4, 0.5) is 0 Å². The predicted octanol–water partition coefficient (Wildman–Crippen LogP) is 2.39. The Balaban J connectivity index is 1.59. The molecule has 1 aromatic heterocycles. The van der Waals surface area contributed by atoms with E-state index in [0.717, 1.165) is 40.4 Å². The van der Waals surface area contributed by atoms with Crippen molar-refractivity contribution in [3.05, 3.63) is 40.1 Å². The molecule has 2 saturated heterocycles. The monoisotopic (exact) mass is 476 g/mol. The van der Waals surface area contributed by atoms with Crippen molar-refractivity contribution in [3.8, 4) is 0 Å². The number of thiocarbonyl (C=S) groups is 1. The largest absolute Gasteiger partial charge is 0.376 e. The standard InChI is InChI=1S/C20H21BrN4O3S/c1-24-19(27)16(23-20(24)29)7-12-10-25(17-5-4-13(21)8-15(12)17)11-18(26)22-9-14-3-2-6-28-14/h4-5,7-8,10,14H,2-3,6,9,11H2,1H3,(H,22,26)(H,23,29)/b16-7-/t14-/m1/s1. The van der Waals surface area contributed by atoms with E-state index in [-0.39, 0.29) is 24.5 Å². The molecule has 9 heteroatoms. The van der Waals surface area contributed by atoms with Crippen molar-refractivity contribution >= 4 is 62.1 Å². The summed E-state index contributed by atoms with van der Waals surface area (Å²) in [6.07, 6.45) is 5.79. The van der Waals surface area contributed by atoms with Crippen molar-refractivity contribution in [1.82, 2.24) is 20.1 Å². The van der Waals surface area contributed by atoms with Gasteiger partial charge in [-0.25, -0.2) is 0 Å². The number of carbonyl (C=O) groups is 2. The highest BCUT2D eigenvalue weighted by atomic mass is 79.9. The highest BCUT2D eigenvalue weighted by Gasteiger charge is 2.27. The lowest BCUT2D eigenvalue weighted by Crippen LogP contribution is -2.34. The van der Waals surface area contributed by atoms with Crippen molar-refractivity contribution in [2.24, 2.45) is 0 Å². The number of nitrogens with zero attached hydrogens (tertiary/aromatic N) is 2. The van der Waals surface area contributed by atoms with E-state index in [0.29, 0.717) is 17.4 Å². The lowest BCUT2D eigenvalue weighted by Gasteiger charge is -2.11. The molecule has 0 unspecified atom stereocenters. The van der Waals surface area contributed by atoms with Crippen molar-refractivity contribution in [2.75, 3.05) is 20.2 Å². The van der Waals surface area contributed by atoms with Crippen molar-refractivity contribution in [3.63, 3.8) is 0 Å². The van der Waals surface area contributed by atoms with Crippen LogP contribution in [0.15, 0.2) is 34.6 Å². The van der Waals surface area contributed by atoms with Crippen LogP contribution in [0.1, 0.15) is 18.4 Å². The maximum Gasteiger partial charge on any atom is 0.276 e. The van der Waals surface area contributed by atoms with Crippen molar-refractivity contribution in [1.29, 1.82) is 0 Å². The zero-order chi connectivity index (χ0) is 20.5. The first-order valence-electron chi connectivity index (χ1n) is 9.40. The Morgan fingerprint density at radius 2 is 2.31 bits per heavy atom. The fourth-order valence-electron chi connectivity index (χ4n) is 3.57. The molecule has 0 bridgehead atoms. The van der Waals surface area contributed by atoms with E-state index in [9.17, 15) is 9.59 Å². The third-order valence-corrected chi connectivity index (χ3v) is 5.99. The number of fused-ring (bicyclic) bond motifs is 1. The van der Waals surface area contributed by atoms with Gasteiger partial charge in [0.15, 0.2) is 5.11 Å². The van der Waals surface area contributed by atoms with E-state index in [1.54, 1.807) is 13.1 Å². The number of ether oxygens (including phenoxy) is 1. The van der Waals surface area contributed by atoms with Crippen LogP contribution in [0.2, 0.25) is 0 Å². The highest BCUT2D eigenvalue weighted by molar-refractivity contribution is 9.10. The summed E-state index contributed by atoms with van der Waals surface area (Å²) in [7, 11) is 1.64. The average molecular weight is 477 g/mol. The van der Waals surface area contributed by atoms with E-state index >= 15 is 0 Å². The number of rotatable bonds is 5. The fraction of sp³-hybridized carbons (Fsp3) is 0.350. The topological polar surface area (TPSA) is 75.6 Å². The number of benzene rings is 1. The SMILES string of the molecule is CN1C(=O)/C(=C/c2cn(CC(=O)NC[C@H]3CCCO3)c3ccc(Br)cc23)NC1=S. The third kappa shape index (κ3) is 4.22. The zero-order valence-electron chi connectivity index (χ0n) is 15.9. The molecule has 2 aromatic rings. The van der Waals surface area contributed by atoms with Gasteiger partial charge in [-0.05, 0) is 49.3 Å². The molecule has 2 fully saturated rings. The van der Waals surface area contributed by atoms with Gasteiger partial charge in [0.05, 0.1) is 6.10 Å². The predicted molar refractivity (Wildman–Crippen MR) is 118 cm³/mol. The van der Waals surface area contributed by atoms with Gasteiger partial charge in [-0.1, -0.05) is 15.9 Å². The Labute approximate surface area is 182 Å². The van der Waals surface area contributed by atoms with E-state index in [1.807, 2.05) is 29.0 Å². The van der Waals surface area contributed by atoms with Gasteiger partial charge in [-0.15, -0.1) is 0 Å². The second kappa shape index (κ2) is 8.25. The summed E-state index contributed by atoms with van der Waals surface area (Å²) >= 11 is 8.64. The molecular formula is C20H21BrN4O3S. The molecule has 4 rings (SSSR count). The zero-order valence-corrected chi connectivity index (χ0v) is 18.3. The molecule has 0 spiro atoms. The van der Waals surface area contributed by atoms with Crippen LogP contribution < -0.4 is 10.6 Å². The Hall–Kier alpha value is -2.23. The summed E-state index contributed by atoms with van der Waals surface area (Å²) in [6, 6.07) is 5.86. The second-order valence-corrected chi connectivity index (χ2v) is 8.47. The number of hydrogen-bond donors (Lipinski definition) is 2. The number of halogens is 1. The minimum Gasteiger partial charge on any atom is -0.376 e. The molecule has 0 aliphatic carbocycles. The molecule has 0 radical (unpaired) electrons. The highest BCUT2D eigenvalue weighted by Crippen LogP contribution is 2.27. The Morgan fingerprint density at radius 3 is 3.00 bits per heavy atom. The van der Waals surface area contributed by atoms with E-state index < -0.39 is 0 Å². The molecule has 2 amide bonds. The van der Waals surface area contributed by atoms with Crippen molar-refractivity contribution < 1.29 is 14.3 Å². The van der Waals surface area contributed by atoms with Gasteiger partial charge in [0.1, 0.15) is 12.2 Å². The first-order valence-corrected chi connectivity index (χ1v) is 10.6. The van der Waals surface area contributed by atoms with Crippen LogP contribution in [-0.2, 0) is 20.9 Å². The van der Waals surface area contributed by atoms with E-state index in [1.165, 1.54) is 4.90 Å². The first-order chi connectivity index (χ1) is 13.9. The molecule has 3 heterocycles. The molecule has 29 heavy (non-hydrogen) atoms. The van der Waals surface area contributed by atoms with Gasteiger partial charge in [0.25, 0.3) is 5.91 Å². The average Bonchev–Trinajstić information content (AvgIpc) is 3.38. The van der Waals surface area contributed by atoms with Gasteiger partial charge >= 0.3 is 0 Å². The van der Waals surface area contributed by atoms with Gasteiger partial charge < -0.3 is 19.9 Å². The Bertz CT molecular complexity index is 1030. The summed E-state index contributed by atoms with van der Waals surface area (Å²) in [5.41, 5.74) is 2.16. The molecule has 1 aromatic carbocycles. The smallest absolute Gasteiger partial charge is 0.276 e. The lowest BCUT2D eigenvalue weighted by molar-refractivity contribution is -0.122. The molecular weight excluding hydrogens is 456 g/mol. The molecule has 2 aliphatic rings. The number of hydrogen-bond acceptors (Lipinski definition) is 4. The minimum absolute atomic E-state index is 0.0736. The van der Waals surface area contributed by atoms with Crippen molar-refractivity contribution in [2.45, 2.75) is 25.5 Å². The molecule has 152 valence electrons. The maximum absolute atomic E-state index is 12.5.